The average Bonchev–Trinajstić information content (AvgIpc) is 2.54. The van der Waals surface area contributed by atoms with Crippen molar-refractivity contribution in [3.8, 4) is 0 Å². The minimum Gasteiger partial charge on any atom is -0.478 e. The maximum atomic E-state index is 12.1. The molecule has 0 aliphatic heterocycles. The van der Waals surface area contributed by atoms with Crippen LogP contribution in [0.3, 0.4) is 0 Å². The van der Waals surface area contributed by atoms with Crippen molar-refractivity contribution in [2.45, 2.75) is 13.0 Å². The third-order valence-electron chi connectivity index (χ3n) is 3.38. The summed E-state index contributed by atoms with van der Waals surface area (Å²) in [5.74, 6) is -1.32. The van der Waals surface area contributed by atoms with Gasteiger partial charge in [-0.15, -0.1) is 0 Å². The lowest BCUT2D eigenvalue weighted by Crippen LogP contribution is -2.24. The number of carbonyl (C=O) groups excluding carboxylic acids is 1. The highest BCUT2D eigenvalue weighted by molar-refractivity contribution is 6.30. The number of benzene rings is 2. The number of nitrogens with two attached hydrogens (primary N) is 1. The number of hydrogen-bond acceptors (Lipinski definition) is 3. The maximum Gasteiger partial charge on any atom is 0.336 e. The molecule has 120 valence electrons. The van der Waals surface area contributed by atoms with Crippen molar-refractivity contribution in [3.05, 3.63) is 69.7 Å². The highest BCUT2D eigenvalue weighted by Gasteiger charge is 2.12. The quantitative estimate of drug-likeness (QED) is 0.757. The average molecular weight is 333 g/mol. The number of carboxylic acid groups (broad SMARTS) is 1. The number of aromatic carboxylic acids is 1. The smallest absolute Gasteiger partial charge is 0.336 e. The predicted molar refractivity (Wildman–Crippen MR) is 88.8 cm³/mol. The van der Waals surface area contributed by atoms with Gasteiger partial charge in [-0.05, 0) is 54.4 Å². The minimum atomic E-state index is -1.03. The summed E-state index contributed by atoms with van der Waals surface area (Å²) in [5, 5.41) is 12.6. The van der Waals surface area contributed by atoms with Gasteiger partial charge in [0.15, 0.2) is 0 Å². The summed E-state index contributed by atoms with van der Waals surface area (Å²) < 4.78 is 0. The first-order chi connectivity index (χ1) is 11.0. The molecule has 0 fully saturated rings. The van der Waals surface area contributed by atoms with Crippen LogP contribution in [-0.4, -0.2) is 23.5 Å². The molecule has 0 saturated carbocycles. The summed E-state index contributed by atoms with van der Waals surface area (Å²) in [6, 6.07) is 11.6. The van der Waals surface area contributed by atoms with E-state index in [0.29, 0.717) is 29.1 Å². The number of halogens is 1. The highest BCUT2D eigenvalue weighted by Crippen LogP contribution is 2.14. The summed E-state index contributed by atoms with van der Waals surface area (Å²) >= 11 is 5.78. The van der Waals surface area contributed by atoms with Crippen molar-refractivity contribution in [1.29, 1.82) is 0 Å². The van der Waals surface area contributed by atoms with Crippen molar-refractivity contribution in [2.75, 3.05) is 6.54 Å². The summed E-state index contributed by atoms with van der Waals surface area (Å²) in [6.07, 6.45) is 0.609. The Balaban J connectivity index is 2.11. The van der Waals surface area contributed by atoms with Gasteiger partial charge in [0.05, 0.1) is 5.56 Å². The van der Waals surface area contributed by atoms with E-state index in [1.165, 1.54) is 0 Å². The van der Waals surface area contributed by atoms with E-state index in [1.807, 2.05) is 6.07 Å². The lowest BCUT2D eigenvalue weighted by Gasteiger charge is -2.10. The van der Waals surface area contributed by atoms with Gasteiger partial charge in [-0.2, -0.15) is 0 Å². The molecule has 0 aromatic heterocycles. The van der Waals surface area contributed by atoms with E-state index in [9.17, 15) is 14.7 Å². The third kappa shape index (κ3) is 4.55. The van der Waals surface area contributed by atoms with Crippen LogP contribution in [0.1, 0.15) is 31.8 Å². The molecule has 0 atom stereocenters. The molecule has 0 saturated heterocycles. The zero-order valence-electron chi connectivity index (χ0n) is 12.4. The number of nitrogens with one attached hydrogen (secondary N) is 1. The molecule has 0 bridgehead atoms. The molecule has 0 aliphatic carbocycles. The molecule has 0 aliphatic rings. The van der Waals surface area contributed by atoms with Crippen molar-refractivity contribution in [2.24, 2.45) is 5.73 Å². The van der Waals surface area contributed by atoms with E-state index >= 15 is 0 Å². The summed E-state index contributed by atoms with van der Waals surface area (Å²) in [5.41, 5.74) is 7.52. The Kier molecular flexibility index (Phi) is 5.73. The van der Waals surface area contributed by atoms with Gasteiger partial charge in [-0.1, -0.05) is 23.7 Å². The van der Waals surface area contributed by atoms with Gasteiger partial charge in [0.2, 0.25) is 0 Å². The fourth-order valence-corrected chi connectivity index (χ4v) is 2.30. The van der Waals surface area contributed by atoms with Gasteiger partial charge in [-0.3, -0.25) is 4.79 Å². The number of hydrogen-bond donors (Lipinski definition) is 3. The van der Waals surface area contributed by atoms with Crippen LogP contribution in [0, 0.1) is 0 Å². The second-order valence-corrected chi connectivity index (χ2v) is 5.46. The van der Waals surface area contributed by atoms with Gasteiger partial charge in [0.1, 0.15) is 0 Å². The van der Waals surface area contributed by atoms with E-state index in [2.05, 4.69) is 5.32 Å². The van der Waals surface area contributed by atoms with Gasteiger partial charge in [0, 0.05) is 17.1 Å². The maximum absolute atomic E-state index is 12.1. The Morgan fingerprint density at radius 1 is 1.13 bits per heavy atom. The third-order valence-corrected chi connectivity index (χ3v) is 3.64. The van der Waals surface area contributed by atoms with Crippen LogP contribution in [0.15, 0.2) is 42.5 Å². The zero-order valence-corrected chi connectivity index (χ0v) is 13.1. The van der Waals surface area contributed by atoms with Crippen molar-refractivity contribution in [1.82, 2.24) is 5.32 Å². The van der Waals surface area contributed by atoms with E-state index in [-0.39, 0.29) is 18.0 Å². The Hall–Kier alpha value is -2.37. The number of carbonyl (C=O) groups is 2. The first-order valence-electron chi connectivity index (χ1n) is 7.10. The minimum absolute atomic E-state index is 0.131. The van der Waals surface area contributed by atoms with Crippen LogP contribution in [0.4, 0.5) is 0 Å². The standard InChI is InChI=1S/C17H17ClN2O3/c18-14-5-3-12(4-6-14)16(21)20-10-13-2-1-11(7-8-19)9-15(13)17(22)23/h1-6,9H,7-8,10,19H2,(H,20,21)(H,22,23). The van der Waals surface area contributed by atoms with Gasteiger partial charge in [0.25, 0.3) is 5.91 Å². The van der Waals surface area contributed by atoms with Crippen LogP contribution < -0.4 is 11.1 Å². The second-order valence-electron chi connectivity index (χ2n) is 5.02. The monoisotopic (exact) mass is 332 g/mol. The Morgan fingerprint density at radius 3 is 2.43 bits per heavy atom. The second kappa shape index (κ2) is 7.76. The Labute approximate surface area is 139 Å². The normalized spacial score (nSPS) is 10.3. The topological polar surface area (TPSA) is 92.4 Å². The van der Waals surface area contributed by atoms with Crippen LogP contribution in [0.2, 0.25) is 5.02 Å². The largest absolute Gasteiger partial charge is 0.478 e. The fourth-order valence-electron chi connectivity index (χ4n) is 2.18. The molecule has 2 aromatic carbocycles. The van der Waals surface area contributed by atoms with E-state index in [0.717, 1.165) is 5.56 Å². The molecule has 0 heterocycles. The van der Waals surface area contributed by atoms with Gasteiger partial charge in [-0.25, -0.2) is 4.79 Å². The first kappa shape index (κ1) is 17.0. The molecule has 6 heteroatoms. The van der Waals surface area contributed by atoms with Crippen LogP contribution in [0.25, 0.3) is 0 Å². The lowest BCUT2D eigenvalue weighted by atomic mass is 10.0. The summed E-state index contributed by atoms with van der Waals surface area (Å²) in [7, 11) is 0. The molecule has 1 amide bonds. The summed E-state index contributed by atoms with van der Waals surface area (Å²) in [4.78, 5) is 23.4. The fraction of sp³-hybridized carbons (Fsp3) is 0.176. The highest BCUT2D eigenvalue weighted by atomic mass is 35.5. The number of amides is 1. The number of carboxylic acids is 1. The number of rotatable bonds is 6. The molecule has 0 radical (unpaired) electrons. The van der Waals surface area contributed by atoms with Crippen LogP contribution >= 0.6 is 11.6 Å². The molecule has 0 unspecified atom stereocenters. The summed E-state index contributed by atoms with van der Waals surface area (Å²) in [6.45, 7) is 0.581. The molecule has 0 spiro atoms. The molecule has 4 N–H and O–H groups in total. The van der Waals surface area contributed by atoms with Crippen molar-refractivity contribution < 1.29 is 14.7 Å². The first-order valence-corrected chi connectivity index (χ1v) is 7.48. The van der Waals surface area contributed by atoms with E-state index in [4.69, 9.17) is 17.3 Å². The van der Waals surface area contributed by atoms with E-state index in [1.54, 1.807) is 36.4 Å². The van der Waals surface area contributed by atoms with Crippen LogP contribution in [0.5, 0.6) is 0 Å². The predicted octanol–water partition coefficient (Wildman–Crippen LogP) is 2.47. The van der Waals surface area contributed by atoms with Gasteiger partial charge >= 0.3 is 5.97 Å². The molecule has 2 aromatic rings. The van der Waals surface area contributed by atoms with Crippen LogP contribution in [-0.2, 0) is 13.0 Å². The molecular weight excluding hydrogens is 316 g/mol. The molecule has 23 heavy (non-hydrogen) atoms. The Morgan fingerprint density at radius 2 is 1.83 bits per heavy atom. The van der Waals surface area contributed by atoms with E-state index < -0.39 is 5.97 Å². The lowest BCUT2D eigenvalue weighted by molar-refractivity contribution is 0.0694. The van der Waals surface area contributed by atoms with Gasteiger partial charge < -0.3 is 16.2 Å². The molecule has 2 rings (SSSR count). The van der Waals surface area contributed by atoms with Crippen molar-refractivity contribution >= 4 is 23.5 Å². The zero-order chi connectivity index (χ0) is 16.8. The molecular formula is C17H17ClN2O3. The Bertz CT molecular complexity index is 714. The van der Waals surface area contributed by atoms with Crippen molar-refractivity contribution in [3.63, 3.8) is 0 Å². The molecule has 5 nitrogen and oxygen atoms in total. The SMILES string of the molecule is NCCc1ccc(CNC(=O)c2ccc(Cl)cc2)c(C(=O)O)c1.